The molecule has 27 heavy (non-hydrogen) atoms. The second-order valence-corrected chi connectivity index (χ2v) is 6.72. The van der Waals surface area contributed by atoms with Gasteiger partial charge in [0.05, 0.1) is 28.5 Å². The van der Waals surface area contributed by atoms with Crippen molar-refractivity contribution in [2.45, 2.75) is 0 Å². The SMILES string of the molecule is COc1ccc(N=CC2C(=O)NC(=S)N(c3ccc(Cl)c(Cl)c3)C2=O)cc1. The summed E-state index contributed by atoms with van der Waals surface area (Å²) in [7, 11) is 1.56. The highest BCUT2D eigenvalue weighted by Crippen LogP contribution is 2.29. The lowest BCUT2D eigenvalue weighted by Crippen LogP contribution is -2.58. The molecule has 0 saturated carbocycles. The van der Waals surface area contributed by atoms with Crippen LogP contribution < -0.4 is 15.0 Å². The Kier molecular flexibility index (Phi) is 5.74. The molecule has 9 heteroatoms. The molecule has 0 radical (unpaired) electrons. The number of hydrogen-bond donors (Lipinski definition) is 1. The molecule has 1 aliphatic rings. The van der Waals surface area contributed by atoms with Crippen LogP contribution in [0.4, 0.5) is 11.4 Å². The number of ether oxygens (including phenoxy) is 1. The third-order valence-electron chi connectivity index (χ3n) is 3.81. The van der Waals surface area contributed by atoms with Crippen molar-refractivity contribution in [2.75, 3.05) is 12.0 Å². The van der Waals surface area contributed by atoms with Gasteiger partial charge < -0.3 is 10.1 Å². The first-order valence-electron chi connectivity index (χ1n) is 7.73. The van der Waals surface area contributed by atoms with Crippen LogP contribution in [0.1, 0.15) is 0 Å². The molecule has 2 aromatic carbocycles. The van der Waals surface area contributed by atoms with E-state index in [0.29, 0.717) is 22.1 Å². The number of thiocarbonyl (C=S) groups is 1. The Bertz CT molecular complexity index is 947. The predicted octanol–water partition coefficient (Wildman–Crippen LogP) is 3.77. The summed E-state index contributed by atoms with van der Waals surface area (Å²) in [6.45, 7) is 0. The third-order valence-corrected chi connectivity index (χ3v) is 4.83. The van der Waals surface area contributed by atoms with Crippen molar-refractivity contribution < 1.29 is 14.3 Å². The summed E-state index contributed by atoms with van der Waals surface area (Å²) in [5.74, 6) is -1.53. The summed E-state index contributed by atoms with van der Waals surface area (Å²) >= 11 is 17.1. The van der Waals surface area contributed by atoms with Crippen molar-refractivity contribution >= 4 is 69.9 Å². The minimum absolute atomic E-state index is 0.0301. The second-order valence-electron chi connectivity index (χ2n) is 5.52. The van der Waals surface area contributed by atoms with Gasteiger partial charge in [-0.1, -0.05) is 23.2 Å². The van der Waals surface area contributed by atoms with Crippen LogP contribution in [-0.2, 0) is 9.59 Å². The first-order chi connectivity index (χ1) is 12.9. The second kappa shape index (κ2) is 8.04. The number of nitrogens with zero attached hydrogens (tertiary/aromatic N) is 2. The Hall–Kier alpha value is -2.48. The summed E-state index contributed by atoms with van der Waals surface area (Å²) in [6.07, 6.45) is 1.28. The number of amides is 2. The Morgan fingerprint density at radius 2 is 1.85 bits per heavy atom. The summed E-state index contributed by atoms with van der Waals surface area (Å²) in [6, 6.07) is 11.5. The number of nitrogens with one attached hydrogen (secondary N) is 1. The van der Waals surface area contributed by atoms with Crippen molar-refractivity contribution in [3.63, 3.8) is 0 Å². The Morgan fingerprint density at radius 3 is 2.48 bits per heavy atom. The fourth-order valence-corrected chi connectivity index (χ4v) is 3.01. The minimum Gasteiger partial charge on any atom is -0.497 e. The molecule has 1 atom stereocenters. The fraction of sp³-hybridized carbons (Fsp3) is 0.111. The number of methoxy groups -OCH3 is 1. The number of rotatable bonds is 4. The van der Waals surface area contributed by atoms with Gasteiger partial charge in [0.2, 0.25) is 5.91 Å². The molecule has 1 heterocycles. The average molecular weight is 422 g/mol. The van der Waals surface area contributed by atoms with Crippen LogP contribution in [0.3, 0.4) is 0 Å². The van der Waals surface area contributed by atoms with Gasteiger partial charge in [-0.2, -0.15) is 0 Å². The lowest BCUT2D eigenvalue weighted by Gasteiger charge is -2.31. The molecule has 2 aromatic rings. The highest BCUT2D eigenvalue weighted by Gasteiger charge is 2.38. The highest BCUT2D eigenvalue weighted by molar-refractivity contribution is 7.80. The molecule has 1 aliphatic heterocycles. The number of anilines is 1. The summed E-state index contributed by atoms with van der Waals surface area (Å²) < 4.78 is 5.08. The maximum absolute atomic E-state index is 12.9. The maximum Gasteiger partial charge on any atom is 0.251 e. The molecule has 0 aromatic heterocycles. The number of halogens is 2. The maximum atomic E-state index is 12.9. The van der Waals surface area contributed by atoms with E-state index in [1.807, 2.05) is 0 Å². The lowest BCUT2D eigenvalue weighted by molar-refractivity contribution is -0.130. The summed E-state index contributed by atoms with van der Waals surface area (Å²) in [5, 5.41) is 3.09. The molecule has 138 valence electrons. The van der Waals surface area contributed by atoms with Gasteiger partial charge in [-0.3, -0.25) is 19.5 Å². The van der Waals surface area contributed by atoms with E-state index < -0.39 is 17.7 Å². The van der Waals surface area contributed by atoms with Gasteiger partial charge in [-0.25, -0.2) is 0 Å². The van der Waals surface area contributed by atoms with Gasteiger partial charge in [0.1, 0.15) is 5.75 Å². The zero-order valence-electron chi connectivity index (χ0n) is 14.0. The van der Waals surface area contributed by atoms with E-state index in [1.54, 1.807) is 43.5 Å². The normalized spacial score (nSPS) is 17.4. The zero-order chi connectivity index (χ0) is 19.6. The molecule has 2 amide bonds. The number of carbonyl (C=O) groups is 2. The molecule has 1 saturated heterocycles. The molecule has 1 fully saturated rings. The van der Waals surface area contributed by atoms with Crippen LogP contribution in [0, 0.1) is 5.92 Å². The topological polar surface area (TPSA) is 71.0 Å². The van der Waals surface area contributed by atoms with Crippen LogP contribution in [0.15, 0.2) is 47.5 Å². The fourth-order valence-electron chi connectivity index (χ4n) is 2.42. The summed E-state index contributed by atoms with van der Waals surface area (Å²) in [4.78, 5) is 30.5. The lowest BCUT2D eigenvalue weighted by atomic mass is 10.1. The van der Waals surface area contributed by atoms with Gasteiger partial charge in [-0.15, -0.1) is 0 Å². The van der Waals surface area contributed by atoms with Gasteiger partial charge in [0.15, 0.2) is 11.0 Å². The standard InChI is InChI=1S/C18H13Cl2N3O3S/c1-26-12-5-2-10(3-6-12)21-9-13-16(24)22-18(27)23(17(13)25)11-4-7-14(19)15(20)8-11/h2-9,13H,1H3,(H,22,24,27). The molecule has 6 nitrogen and oxygen atoms in total. The van der Waals surface area contributed by atoms with Crippen molar-refractivity contribution in [1.29, 1.82) is 0 Å². The number of hydrogen-bond acceptors (Lipinski definition) is 5. The molecule has 1 unspecified atom stereocenters. The highest BCUT2D eigenvalue weighted by atomic mass is 35.5. The van der Waals surface area contributed by atoms with Crippen molar-refractivity contribution in [2.24, 2.45) is 10.9 Å². The molecular formula is C18H13Cl2N3O3S. The van der Waals surface area contributed by atoms with Gasteiger partial charge >= 0.3 is 0 Å². The van der Waals surface area contributed by atoms with E-state index in [9.17, 15) is 9.59 Å². The smallest absolute Gasteiger partial charge is 0.251 e. The molecule has 0 bridgehead atoms. The van der Waals surface area contributed by atoms with Crippen LogP contribution in [-0.4, -0.2) is 30.3 Å². The van der Waals surface area contributed by atoms with E-state index in [4.69, 9.17) is 40.2 Å². The zero-order valence-corrected chi connectivity index (χ0v) is 16.3. The Labute approximate surface area is 170 Å². The first-order valence-corrected chi connectivity index (χ1v) is 8.89. The van der Waals surface area contributed by atoms with Gasteiger partial charge in [0.25, 0.3) is 5.91 Å². The van der Waals surface area contributed by atoms with E-state index in [0.717, 1.165) is 0 Å². The van der Waals surface area contributed by atoms with Crippen LogP contribution in [0.5, 0.6) is 5.75 Å². The average Bonchev–Trinajstić information content (AvgIpc) is 2.64. The monoisotopic (exact) mass is 421 g/mol. The third kappa shape index (κ3) is 4.10. The van der Waals surface area contributed by atoms with E-state index in [1.165, 1.54) is 17.2 Å². The van der Waals surface area contributed by atoms with Crippen molar-refractivity contribution in [3.8, 4) is 5.75 Å². The molecule has 0 aliphatic carbocycles. The number of carbonyl (C=O) groups excluding carboxylic acids is 2. The van der Waals surface area contributed by atoms with Crippen LogP contribution in [0.2, 0.25) is 10.0 Å². The van der Waals surface area contributed by atoms with E-state index in [-0.39, 0.29) is 10.1 Å². The van der Waals surface area contributed by atoms with Crippen LogP contribution in [0.25, 0.3) is 0 Å². The molecule has 0 spiro atoms. The first kappa shape index (κ1) is 19.3. The predicted molar refractivity (Wildman–Crippen MR) is 109 cm³/mol. The van der Waals surface area contributed by atoms with Crippen molar-refractivity contribution in [3.05, 3.63) is 52.5 Å². The van der Waals surface area contributed by atoms with Crippen molar-refractivity contribution in [1.82, 2.24) is 5.32 Å². The minimum atomic E-state index is -1.13. The molecular weight excluding hydrogens is 409 g/mol. The quantitative estimate of drug-likeness (QED) is 0.463. The van der Waals surface area contributed by atoms with Crippen LogP contribution >= 0.6 is 35.4 Å². The van der Waals surface area contributed by atoms with Gasteiger partial charge in [-0.05, 0) is 54.7 Å². The Morgan fingerprint density at radius 1 is 1.15 bits per heavy atom. The molecule has 3 rings (SSSR count). The van der Waals surface area contributed by atoms with E-state index >= 15 is 0 Å². The number of benzene rings is 2. The molecule has 1 N–H and O–H groups in total. The van der Waals surface area contributed by atoms with Gasteiger partial charge in [0, 0.05) is 6.21 Å². The summed E-state index contributed by atoms with van der Waals surface area (Å²) in [5.41, 5.74) is 0.980. The Balaban J connectivity index is 1.87. The number of aliphatic imine (C=N–C) groups is 1. The largest absolute Gasteiger partial charge is 0.497 e. The van der Waals surface area contributed by atoms with E-state index in [2.05, 4.69) is 10.3 Å².